The third-order valence-corrected chi connectivity index (χ3v) is 8.52. The van der Waals surface area contributed by atoms with Gasteiger partial charge >= 0.3 is 0 Å². The van der Waals surface area contributed by atoms with Gasteiger partial charge in [0.15, 0.2) is 0 Å². The van der Waals surface area contributed by atoms with Crippen LogP contribution in [-0.4, -0.2) is 55.1 Å². The molecule has 0 radical (unpaired) electrons. The molecular formula is C26H35Cl2N3O4S. The van der Waals surface area contributed by atoms with E-state index in [4.69, 9.17) is 23.2 Å². The predicted molar refractivity (Wildman–Crippen MR) is 144 cm³/mol. The Kier molecular flexibility index (Phi) is 11.7. The Morgan fingerprint density at radius 1 is 1.03 bits per heavy atom. The lowest BCUT2D eigenvalue weighted by molar-refractivity contribution is -0.141. The van der Waals surface area contributed by atoms with Crippen LogP contribution >= 0.6 is 23.2 Å². The van der Waals surface area contributed by atoms with Crippen LogP contribution in [-0.2, 0) is 26.2 Å². The van der Waals surface area contributed by atoms with Crippen LogP contribution in [0.3, 0.4) is 0 Å². The number of rotatable bonds is 13. The quantitative estimate of drug-likeness (QED) is 0.371. The maximum absolute atomic E-state index is 13.4. The van der Waals surface area contributed by atoms with Gasteiger partial charge in [-0.25, -0.2) is 12.7 Å². The minimum absolute atomic E-state index is 0.0283. The molecule has 0 spiro atoms. The SMILES string of the molecule is CC[C@@H](C)NC(=O)[C@H](CC)N(Cc1ccc(Cl)cc1Cl)C(=O)CCCN(C)S(=O)(=O)c1ccccc1. The zero-order valence-electron chi connectivity index (χ0n) is 21.2. The van der Waals surface area contributed by atoms with Crippen molar-refractivity contribution >= 4 is 45.0 Å². The number of carbonyl (C=O) groups is 2. The lowest BCUT2D eigenvalue weighted by Crippen LogP contribution is -2.50. The fourth-order valence-corrected chi connectivity index (χ4v) is 5.38. The predicted octanol–water partition coefficient (Wildman–Crippen LogP) is 5.12. The Bertz CT molecular complexity index is 1130. The largest absolute Gasteiger partial charge is 0.352 e. The summed E-state index contributed by atoms with van der Waals surface area (Å²) in [6, 6.07) is 12.5. The average Bonchev–Trinajstić information content (AvgIpc) is 2.85. The van der Waals surface area contributed by atoms with Gasteiger partial charge in [0.25, 0.3) is 0 Å². The first-order valence-corrected chi connectivity index (χ1v) is 14.3. The van der Waals surface area contributed by atoms with E-state index in [2.05, 4.69) is 5.32 Å². The average molecular weight is 557 g/mol. The molecular weight excluding hydrogens is 521 g/mol. The molecule has 0 bridgehead atoms. The molecule has 198 valence electrons. The number of nitrogens with one attached hydrogen (secondary N) is 1. The van der Waals surface area contributed by atoms with Gasteiger partial charge in [0.1, 0.15) is 6.04 Å². The van der Waals surface area contributed by atoms with Crippen LogP contribution in [0.2, 0.25) is 10.0 Å². The van der Waals surface area contributed by atoms with Crippen molar-refractivity contribution in [3.8, 4) is 0 Å². The highest BCUT2D eigenvalue weighted by molar-refractivity contribution is 7.89. The summed E-state index contributed by atoms with van der Waals surface area (Å²) >= 11 is 12.4. The summed E-state index contributed by atoms with van der Waals surface area (Å²) in [5.41, 5.74) is 0.674. The van der Waals surface area contributed by atoms with Crippen LogP contribution in [0.5, 0.6) is 0 Å². The first kappa shape index (κ1) is 30.1. The Morgan fingerprint density at radius 3 is 2.28 bits per heavy atom. The van der Waals surface area contributed by atoms with Crippen molar-refractivity contribution in [3.05, 3.63) is 64.1 Å². The van der Waals surface area contributed by atoms with Gasteiger partial charge in [-0.15, -0.1) is 0 Å². The van der Waals surface area contributed by atoms with E-state index in [0.717, 1.165) is 6.42 Å². The smallest absolute Gasteiger partial charge is 0.243 e. The highest BCUT2D eigenvalue weighted by Crippen LogP contribution is 2.24. The fourth-order valence-electron chi connectivity index (χ4n) is 3.68. The molecule has 2 aromatic carbocycles. The molecule has 0 unspecified atom stereocenters. The van der Waals surface area contributed by atoms with Crippen molar-refractivity contribution in [3.63, 3.8) is 0 Å². The van der Waals surface area contributed by atoms with Crippen molar-refractivity contribution < 1.29 is 18.0 Å². The second-order valence-corrected chi connectivity index (χ2v) is 11.6. The number of hydrogen-bond donors (Lipinski definition) is 1. The second-order valence-electron chi connectivity index (χ2n) is 8.74. The molecule has 2 amide bonds. The molecule has 0 aromatic heterocycles. The molecule has 0 saturated carbocycles. The summed E-state index contributed by atoms with van der Waals surface area (Å²) < 4.78 is 26.8. The van der Waals surface area contributed by atoms with E-state index in [1.54, 1.807) is 36.4 Å². The lowest BCUT2D eigenvalue weighted by Gasteiger charge is -2.32. The number of halogens is 2. The van der Waals surface area contributed by atoms with Gasteiger partial charge in [0, 0.05) is 42.6 Å². The lowest BCUT2D eigenvalue weighted by atomic mass is 10.1. The molecule has 7 nitrogen and oxygen atoms in total. The Morgan fingerprint density at radius 2 is 1.69 bits per heavy atom. The standard InChI is InChI=1S/C26H35Cl2N3O4S/c1-5-19(3)29-26(33)24(6-2)31(18-20-14-15-21(27)17-23(20)28)25(32)13-10-16-30(4)36(34,35)22-11-8-7-9-12-22/h7-9,11-12,14-15,17,19,24H,5-6,10,13,16,18H2,1-4H3,(H,29,33)/t19-,24+/m1/s1. The van der Waals surface area contributed by atoms with Gasteiger partial charge in [-0.05, 0) is 56.0 Å². The van der Waals surface area contributed by atoms with Gasteiger partial charge in [-0.2, -0.15) is 0 Å². The number of nitrogens with zero attached hydrogens (tertiary/aromatic N) is 2. The number of carbonyl (C=O) groups excluding carboxylic acids is 2. The summed E-state index contributed by atoms with van der Waals surface area (Å²) in [5.74, 6) is -0.480. The Hall–Kier alpha value is -2.13. The summed E-state index contributed by atoms with van der Waals surface area (Å²) in [6.45, 7) is 6.04. The molecule has 0 aliphatic carbocycles. The second kappa shape index (κ2) is 14.0. The molecule has 2 aromatic rings. The number of benzene rings is 2. The molecule has 0 saturated heterocycles. The Labute approximate surface area is 224 Å². The monoisotopic (exact) mass is 555 g/mol. The number of amides is 2. The molecule has 0 fully saturated rings. The molecule has 10 heteroatoms. The van der Waals surface area contributed by atoms with Crippen molar-refractivity contribution in [1.29, 1.82) is 0 Å². The van der Waals surface area contributed by atoms with E-state index in [0.29, 0.717) is 28.5 Å². The molecule has 36 heavy (non-hydrogen) atoms. The number of sulfonamides is 1. The molecule has 0 aliphatic rings. The van der Waals surface area contributed by atoms with Crippen molar-refractivity contribution in [1.82, 2.24) is 14.5 Å². The van der Waals surface area contributed by atoms with E-state index in [1.807, 2.05) is 20.8 Å². The molecule has 0 heterocycles. The normalized spacial score (nSPS) is 13.3. The van der Waals surface area contributed by atoms with Gasteiger partial charge in [0.2, 0.25) is 21.8 Å². The van der Waals surface area contributed by atoms with E-state index < -0.39 is 16.1 Å². The molecule has 1 N–H and O–H groups in total. The van der Waals surface area contributed by atoms with Crippen LogP contribution in [0.1, 0.15) is 52.0 Å². The minimum atomic E-state index is -3.65. The van der Waals surface area contributed by atoms with Gasteiger partial charge < -0.3 is 10.2 Å². The maximum atomic E-state index is 13.4. The zero-order chi connectivity index (χ0) is 26.9. The van der Waals surface area contributed by atoms with Crippen molar-refractivity contribution in [2.75, 3.05) is 13.6 Å². The molecule has 2 atom stereocenters. The van der Waals surface area contributed by atoms with Crippen molar-refractivity contribution in [2.24, 2.45) is 0 Å². The van der Waals surface area contributed by atoms with Crippen LogP contribution in [0.15, 0.2) is 53.4 Å². The molecule has 2 rings (SSSR count). The first-order valence-electron chi connectivity index (χ1n) is 12.1. The summed E-state index contributed by atoms with van der Waals surface area (Å²) in [6.07, 6.45) is 1.56. The van der Waals surface area contributed by atoms with Gasteiger partial charge in [0.05, 0.1) is 4.90 Å². The van der Waals surface area contributed by atoms with E-state index in [9.17, 15) is 18.0 Å². The van der Waals surface area contributed by atoms with E-state index >= 15 is 0 Å². The maximum Gasteiger partial charge on any atom is 0.243 e. The van der Waals surface area contributed by atoms with Gasteiger partial charge in [-0.3, -0.25) is 9.59 Å². The van der Waals surface area contributed by atoms with Gasteiger partial charge in [-0.1, -0.05) is 61.3 Å². The fraction of sp³-hybridized carbons (Fsp3) is 0.462. The topological polar surface area (TPSA) is 86.8 Å². The Balaban J connectivity index is 2.18. The van der Waals surface area contributed by atoms with Crippen LogP contribution in [0.4, 0.5) is 0 Å². The molecule has 0 aliphatic heterocycles. The zero-order valence-corrected chi connectivity index (χ0v) is 23.5. The highest BCUT2D eigenvalue weighted by Gasteiger charge is 2.30. The van der Waals surface area contributed by atoms with Crippen molar-refractivity contribution in [2.45, 2.75) is 70.0 Å². The summed E-state index contributed by atoms with van der Waals surface area (Å²) in [5, 5.41) is 3.85. The van der Waals surface area contributed by atoms with E-state index in [1.165, 1.54) is 28.4 Å². The summed E-state index contributed by atoms with van der Waals surface area (Å²) in [4.78, 5) is 28.2. The highest BCUT2D eigenvalue weighted by atomic mass is 35.5. The van der Waals surface area contributed by atoms with Crippen LogP contribution < -0.4 is 5.32 Å². The summed E-state index contributed by atoms with van der Waals surface area (Å²) in [7, 11) is -2.16. The van der Waals surface area contributed by atoms with Crippen LogP contribution in [0.25, 0.3) is 0 Å². The van der Waals surface area contributed by atoms with Crippen LogP contribution in [0, 0.1) is 0 Å². The minimum Gasteiger partial charge on any atom is -0.352 e. The third-order valence-electron chi connectivity index (χ3n) is 6.06. The van der Waals surface area contributed by atoms with E-state index in [-0.39, 0.29) is 42.3 Å². The first-order chi connectivity index (χ1) is 17.0. The number of hydrogen-bond acceptors (Lipinski definition) is 4. The third kappa shape index (κ3) is 8.20.